The highest BCUT2D eigenvalue weighted by molar-refractivity contribution is 7.91. The molecule has 1 aromatic rings. The van der Waals surface area contributed by atoms with E-state index in [1.54, 1.807) is 30.8 Å². The summed E-state index contributed by atoms with van der Waals surface area (Å²) < 4.78 is 24.7. The Kier molecular flexibility index (Phi) is 3.68. The van der Waals surface area contributed by atoms with Crippen LogP contribution in [0.3, 0.4) is 0 Å². The standard InChI is InChI=1S/C10H15NO3S/c1-9(2)15(13,14)8-7-11-5-3-10(12)4-6-11/h3-6,9H,7-8H2,1-2H3. The topological polar surface area (TPSA) is 56.1 Å². The highest BCUT2D eigenvalue weighted by Gasteiger charge is 2.15. The molecule has 5 heteroatoms. The van der Waals surface area contributed by atoms with E-state index < -0.39 is 9.84 Å². The maximum atomic E-state index is 11.5. The van der Waals surface area contributed by atoms with E-state index >= 15 is 0 Å². The molecule has 4 nitrogen and oxygen atoms in total. The number of pyridine rings is 1. The Morgan fingerprint density at radius 3 is 2.27 bits per heavy atom. The number of aromatic nitrogens is 1. The monoisotopic (exact) mass is 229 g/mol. The van der Waals surface area contributed by atoms with Crippen LogP contribution in [0.4, 0.5) is 0 Å². The first kappa shape index (κ1) is 12.0. The van der Waals surface area contributed by atoms with Crippen LogP contribution in [0.15, 0.2) is 29.3 Å². The quantitative estimate of drug-likeness (QED) is 0.762. The van der Waals surface area contributed by atoms with E-state index in [9.17, 15) is 13.2 Å². The minimum atomic E-state index is -3.01. The van der Waals surface area contributed by atoms with Gasteiger partial charge < -0.3 is 4.57 Å². The Labute approximate surface area is 89.5 Å². The number of nitrogens with zero attached hydrogens (tertiary/aromatic N) is 1. The van der Waals surface area contributed by atoms with Crippen LogP contribution < -0.4 is 5.43 Å². The molecule has 0 amide bonds. The Balaban J connectivity index is 2.66. The fourth-order valence-electron chi connectivity index (χ4n) is 1.06. The van der Waals surface area contributed by atoms with Crippen LogP contribution in [0.5, 0.6) is 0 Å². The zero-order valence-electron chi connectivity index (χ0n) is 8.88. The number of sulfone groups is 1. The van der Waals surface area contributed by atoms with Crippen LogP contribution in [-0.4, -0.2) is 24.0 Å². The third kappa shape index (κ3) is 3.51. The van der Waals surface area contributed by atoms with Gasteiger partial charge in [0, 0.05) is 31.1 Å². The van der Waals surface area contributed by atoms with Gasteiger partial charge >= 0.3 is 0 Å². The van der Waals surface area contributed by atoms with Gasteiger partial charge in [0.05, 0.1) is 11.0 Å². The minimum Gasteiger partial charge on any atom is -0.353 e. The van der Waals surface area contributed by atoms with Crippen molar-refractivity contribution in [3.63, 3.8) is 0 Å². The first-order chi connectivity index (χ1) is 6.92. The summed E-state index contributed by atoms with van der Waals surface area (Å²) in [4.78, 5) is 10.8. The Morgan fingerprint density at radius 1 is 1.27 bits per heavy atom. The molecule has 0 saturated heterocycles. The molecule has 0 atom stereocenters. The van der Waals surface area contributed by atoms with Gasteiger partial charge in [0.25, 0.3) is 0 Å². The fraction of sp³-hybridized carbons (Fsp3) is 0.500. The average molecular weight is 229 g/mol. The zero-order chi connectivity index (χ0) is 11.5. The molecule has 0 fully saturated rings. The maximum Gasteiger partial charge on any atom is 0.181 e. The molecule has 15 heavy (non-hydrogen) atoms. The molecule has 0 unspecified atom stereocenters. The number of hydrogen-bond donors (Lipinski definition) is 0. The van der Waals surface area contributed by atoms with Crippen molar-refractivity contribution in [1.82, 2.24) is 4.57 Å². The van der Waals surface area contributed by atoms with E-state index in [0.717, 1.165) is 0 Å². The van der Waals surface area contributed by atoms with E-state index in [1.165, 1.54) is 12.1 Å². The summed E-state index contributed by atoms with van der Waals surface area (Å²) in [7, 11) is -3.01. The van der Waals surface area contributed by atoms with Gasteiger partial charge in [-0.1, -0.05) is 0 Å². The van der Waals surface area contributed by atoms with Crippen molar-refractivity contribution in [3.05, 3.63) is 34.7 Å². The Bertz CT molecular complexity index is 453. The SMILES string of the molecule is CC(C)S(=O)(=O)CCn1ccc(=O)cc1. The molecule has 1 rings (SSSR count). The first-order valence-electron chi connectivity index (χ1n) is 4.79. The summed E-state index contributed by atoms with van der Waals surface area (Å²) >= 11 is 0. The van der Waals surface area contributed by atoms with Gasteiger partial charge in [-0.2, -0.15) is 0 Å². The molecule has 0 radical (unpaired) electrons. The number of aryl methyl sites for hydroxylation is 1. The summed E-state index contributed by atoms with van der Waals surface area (Å²) in [6.45, 7) is 3.72. The van der Waals surface area contributed by atoms with Crippen LogP contribution in [0.25, 0.3) is 0 Å². The maximum absolute atomic E-state index is 11.5. The molecule has 0 aliphatic rings. The normalized spacial score (nSPS) is 11.9. The molecule has 1 aromatic heterocycles. The molecular formula is C10H15NO3S. The summed E-state index contributed by atoms with van der Waals surface area (Å²) in [6.07, 6.45) is 3.19. The Hall–Kier alpha value is -1.10. The zero-order valence-corrected chi connectivity index (χ0v) is 9.70. The van der Waals surface area contributed by atoms with Gasteiger partial charge in [0.2, 0.25) is 0 Å². The molecular weight excluding hydrogens is 214 g/mol. The van der Waals surface area contributed by atoms with Gasteiger partial charge in [-0.05, 0) is 13.8 Å². The van der Waals surface area contributed by atoms with Crippen LogP contribution >= 0.6 is 0 Å². The van der Waals surface area contributed by atoms with Crippen molar-refractivity contribution in [2.24, 2.45) is 0 Å². The summed E-state index contributed by atoms with van der Waals surface area (Å²) in [5.41, 5.74) is -0.0713. The van der Waals surface area contributed by atoms with Gasteiger partial charge in [-0.15, -0.1) is 0 Å². The summed E-state index contributed by atoms with van der Waals surface area (Å²) in [5.74, 6) is 0.105. The van der Waals surface area contributed by atoms with Crippen LogP contribution in [0, 0.1) is 0 Å². The van der Waals surface area contributed by atoms with E-state index in [1.807, 2.05) is 0 Å². The molecule has 0 aliphatic heterocycles. The lowest BCUT2D eigenvalue weighted by Gasteiger charge is -2.09. The van der Waals surface area contributed by atoms with Gasteiger partial charge in [-0.25, -0.2) is 8.42 Å². The second-order valence-corrected chi connectivity index (χ2v) is 6.36. The van der Waals surface area contributed by atoms with Crippen molar-refractivity contribution >= 4 is 9.84 Å². The third-order valence-corrected chi connectivity index (χ3v) is 4.40. The largest absolute Gasteiger partial charge is 0.353 e. The fourth-order valence-corrected chi connectivity index (χ4v) is 2.00. The molecule has 1 heterocycles. The highest BCUT2D eigenvalue weighted by atomic mass is 32.2. The van der Waals surface area contributed by atoms with Crippen LogP contribution in [0.2, 0.25) is 0 Å². The van der Waals surface area contributed by atoms with Crippen molar-refractivity contribution in [1.29, 1.82) is 0 Å². The molecule has 0 aliphatic carbocycles. The van der Waals surface area contributed by atoms with Gasteiger partial charge in [0.1, 0.15) is 0 Å². The van der Waals surface area contributed by atoms with Crippen LogP contribution in [-0.2, 0) is 16.4 Å². The predicted octanol–water partition coefficient (Wildman–Crippen LogP) is 0.671. The van der Waals surface area contributed by atoms with Crippen molar-refractivity contribution in [3.8, 4) is 0 Å². The van der Waals surface area contributed by atoms with E-state index in [2.05, 4.69) is 0 Å². The first-order valence-corrected chi connectivity index (χ1v) is 6.51. The van der Waals surface area contributed by atoms with Crippen molar-refractivity contribution in [2.75, 3.05) is 5.75 Å². The summed E-state index contributed by atoms with van der Waals surface area (Å²) in [6, 6.07) is 2.84. The number of hydrogen-bond acceptors (Lipinski definition) is 3. The smallest absolute Gasteiger partial charge is 0.181 e. The molecule has 0 bridgehead atoms. The van der Waals surface area contributed by atoms with Crippen molar-refractivity contribution < 1.29 is 8.42 Å². The van der Waals surface area contributed by atoms with E-state index in [0.29, 0.717) is 6.54 Å². The number of rotatable bonds is 4. The van der Waals surface area contributed by atoms with Crippen molar-refractivity contribution in [2.45, 2.75) is 25.6 Å². The van der Waals surface area contributed by atoms with Gasteiger partial charge in [0.15, 0.2) is 15.3 Å². The van der Waals surface area contributed by atoms with Gasteiger partial charge in [-0.3, -0.25) is 4.79 Å². The van der Waals surface area contributed by atoms with E-state index in [-0.39, 0.29) is 16.4 Å². The molecule has 0 spiro atoms. The molecule has 0 saturated carbocycles. The lowest BCUT2D eigenvalue weighted by molar-refractivity contribution is 0.580. The van der Waals surface area contributed by atoms with E-state index in [4.69, 9.17) is 0 Å². The summed E-state index contributed by atoms with van der Waals surface area (Å²) in [5, 5.41) is -0.350. The molecule has 84 valence electrons. The minimum absolute atomic E-state index is 0.0713. The average Bonchev–Trinajstić information content (AvgIpc) is 2.17. The van der Waals surface area contributed by atoms with Crippen LogP contribution in [0.1, 0.15) is 13.8 Å². The lowest BCUT2D eigenvalue weighted by Crippen LogP contribution is -2.21. The third-order valence-electron chi connectivity index (χ3n) is 2.21. The highest BCUT2D eigenvalue weighted by Crippen LogP contribution is 2.01. The predicted molar refractivity (Wildman–Crippen MR) is 59.6 cm³/mol. The Morgan fingerprint density at radius 2 is 1.80 bits per heavy atom. The molecule has 0 aromatic carbocycles. The lowest BCUT2D eigenvalue weighted by atomic mass is 10.5. The molecule has 0 N–H and O–H groups in total. The second-order valence-electron chi connectivity index (χ2n) is 3.69. The second kappa shape index (κ2) is 4.61.